The summed E-state index contributed by atoms with van der Waals surface area (Å²) < 4.78 is 0. The van der Waals surface area contributed by atoms with Crippen LogP contribution in [0.4, 0.5) is 11.8 Å². The molecule has 1 aliphatic heterocycles. The summed E-state index contributed by atoms with van der Waals surface area (Å²) in [6, 6.07) is 10.3. The molecule has 24 heavy (non-hydrogen) atoms. The number of nitrogens with zero attached hydrogens (tertiary/aromatic N) is 4. The van der Waals surface area contributed by atoms with Crippen molar-refractivity contribution in [2.75, 3.05) is 23.4 Å². The zero-order chi connectivity index (χ0) is 16.4. The number of nitrogens with one attached hydrogen (secondary N) is 2. The molecule has 0 saturated carbocycles. The third-order valence-electron chi connectivity index (χ3n) is 4.44. The van der Waals surface area contributed by atoms with Crippen molar-refractivity contribution in [2.24, 2.45) is 0 Å². The number of aliphatic hydroxyl groups is 1. The standard InChI is InChI=1S/C17H20N6O/c24-10-13-7-4-8-23(13)17-21-14-15(19-11-20-16(14)22-17)18-9-12-5-2-1-3-6-12/h1-3,5-6,11,13,24H,4,7-10H2,(H2,18,19,20,21,22). The minimum absolute atomic E-state index is 0.124. The smallest absolute Gasteiger partial charge is 0.205 e. The summed E-state index contributed by atoms with van der Waals surface area (Å²) >= 11 is 0. The van der Waals surface area contributed by atoms with Crippen LogP contribution in [0.15, 0.2) is 36.7 Å². The van der Waals surface area contributed by atoms with Crippen molar-refractivity contribution < 1.29 is 5.11 Å². The lowest BCUT2D eigenvalue weighted by atomic mass is 10.2. The minimum atomic E-state index is 0.124. The molecule has 1 aliphatic rings. The van der Waals surface area contributed by atoms with Crippen molar-refractivity contribution in [1.29, 1.82) is 0 Å². The second-order valence-electron chi connectivity index (χ2n) is 5.99. The summed E-state index contributed by atoms with van der Waals surface area (Å²) in [5.74, 6) is 1.49. The third kappa shape index (κ3) is 2.78. The van der Waals surface area contributed by atoms with E-state index >= 15 is 0 Å². The summed E-state index contributed by atoms with van der Waals surface area (Å²) in [6.45, 7) is 1.72. The Labute approximate surface area is 139 Å². The normalized spacial score (nSPS) is 17.5. The first-order chi connectivity index (χ1) is 11.8. The summed E-state index contributed by atoms with van der Waals surface area (Å²) in [5.41, 5.74) is 2.62. The number of anilines is 2. The first-order valence-corrected chi connectivity index (χ1v) is 8.21. The zero-order valence-corrected chi connectivity index (χ0v) is 13.3. The fraction of sp³-hybridized carbons (Fsp3) is 0.353. The number of aromatic amines is 1. The van der Waals surface area contributed by atoms with Crippen LogP contribution >= 0.6 is 0 Å². The van der Waals surface area contributed by atoms with E-state index < -0.39 is 0 Å². The summed E-state index contributed by atoms with van der Waals surface area (Å²) in [7, 11) is 0. The molecule has 7 nitrogen and oxygen atoms in total. The van der Waals surface area contributed by atoms with Gasteiger partial charge in [-0.1, -0.05) is 30.3 Å². The number of H-pyrrole nitrogens is 1. The van der Waals surface area contributed by atoms with E-state index in [1.807, 2.05) is 18.2 Å². The van der Waals surface area contributed by atoms with Gasteiger partial charge in [-0.15, -0.1) is 0 Å². The molecule has 0 amide bonds. The number of rotatable bonds is 5. The van der Waals surface area contributed by atoms with Crippen molar-refractivity contribution in [3.8, 4) is 0 Å². The minimum Gasteiger partial charge on any atom is -0.394 e. The number of fused-ring (bicyclic) bond motifs is 1. The van der Waals surface area contributed by atoms with E-state index in [-0.39, 0.29) is 12.6 Å². The maximum Gasteiger partial charge on any atom is 0.205 e. The van der Waals surface area contributed by atoms with Gasteiger partial charge in [0.05, 0.1) is 12.6 Å². The van der Waals surface area contributed by atoms with Crippen molar-refractivity contribution in [2.45, 2.75) is 25.4 Å². The predicted octanol–water partition coefficient (Wildman–Crippen LogP) is 1.93. The molecular weight excluding hydrogens is 304 g/mol. The van der Waals surface area contributed by atoms with Crippen LogP contribution in [-0.2, 0) is 6.54 Å². The van der Waals surface area contributed by atoms with Gasteiger partial charge >= 0.3 is 0 Å². The van der Waals surface area contributed by atoms with Gasteiger partial charge in [-0.05, 0) is 18.4 Å². The molecule has 3 heterocycles. The Kier molecular flexibility index (Phi) is 4.00. The highest BCUT2D eigenvalue weighted by atomic mass is 16.3. The van der Waals surface area contributed by atoms with E-state index in [2.05, 4.69) is 42.3 Å². The second-order valence-corrected chi connectivity index (χ2v) is 5.99. The molecule has 0 radical (unpaired) electrons. The van der Waals surface area contributed by atoms with Crippen molar-refractivity contribution >= 4 is 22.9 Å². The summed E-state index contributed by atoms with van der Waals surface area (Å²) in [6.07, 6.45) is 3.57. The quantitative estimate of drug-likeness (QED) is 0.664. The summed E-state index contributed by atoms with van der Waals surface area (Å²) in [5, 5.41) is 12.9. The Hall–Kier alpha value is -2.67. The topological polar surface area (TPSA) is 90.0 Å². The Morgan fingerprint density at radius 1 is 1.25 bits per heavy atom. The fourth-order valence-corrected chi connectivity index (χ4v) is 3.17. The van der Waals surface area contributed by atoms with Crippen LogP contribution in [0.3, 0.4) is 0 Å². The molecule has 1 saturated heterocycles. The molecule has 7 heteroatoms. The Morgan fingerprint density at radius 2 is 2.12 bits per heavy atom. The van der Waals surface area contributed by atoms with Gasteiger partial charge in [0.15, 0.2) is 11.5 Å². The van der Waals surface area contributed by atoms with Crippen LogP contribution in [0.5, 0.6) is 0 Å². The average molecular weight is 324 g/mol. The zero-order valence-electron chi connectivity index (χ0n) is 13.3. The summed E-state index contributed by atoms with van der Waals surface area (Å²) in [4.78, 5) is 18.6. The van der Waals surface area contributed by atoms with Gasteiger partial charge in [0, 0.05) is 13.1 Å². The van der Waals surface area contributed by atoms with E-state index in [0.717, 1.165) is 36.7 Å². The number of aliphatic hydroxyl groups excluding tert-OH is 1. The Morgan fingerprint density at radius 3 is 2.96 bits per heavy atom. The molecule has 1 aromatic carbocycles. The Balaban J connectivity index is 1.60. The van der Waals surface area contributed by atoms with Crippen LogP contribution in [0.2, 0.25) is 0 Å². The lowest BCUT2D eigenvalue weighted by Crippen LogP contribution is -2.32. The van der Waals surface area contributed by atoms with E-state index in [1.165, 1.54) is 11.9 Å². The van der Waals surface area contributed by atoms with Crippen LogP contribution < -0.4 is 10.2 Å². The van der Waals surface area contributed by atoms with Gasteiger partial charge in [-0.25, -0.2) is 9.97 Å². The van der Waals surface area contributed by atoms with Crippen LogP contribution in [0.1, 0.15) is 18.4 Å². The van der Waals surface area contributed by atoms with E-state index in [1.54, 1.807) is 0 Å². The number of benzene rings is 1. The average Bonchev–Trinajstić information content (AvgIpc) is 3.26. The highest BCUT2D eigenvalue weighted by molar-refractivity contribution is 5.84. The van der Waals surface area contributed by atoms with Crippen LogP contribution in [0.25, 0.3) is 11.2 Å². The largest absolute Gasteiger partial charge is 0.394 e. The monoisotopic (exact) mass is 324 g/mol. The molecule has 3 N–H and O–H groups in total. The van der Waals surface area contributed by atoms with Gasteiger partial charge in [0.25, 0.3) is 0 Å². The highest BCUT2D eigenvalue weighted by Crippen LogP contribution is 2.26. The van der Waals surface area contributed by atoms with Crippen molar-refractivity contribution in [1.82, 2.24) is 19.9 Å². The van der Waals surface area contributed by atoms with Crippen LogP contribution in [-0.4, -0.2) is 44.2 Å². The SMILES string of the molecule is OCC1CCCN1c1nc2ncnc(NCc3ccccc3)c2[nH]1. The molecule has 0 spiro atoms. The maximum atomic E-state index is 9.51. The maximum absolute atomic E-state index is 9.51. The number of aromatic nitrogens is 4. The molecule has 124 valence electrons. The molecule has 3 aromatic rings. The van der Waals surface area contributed by atoms with E-state index in [4.69, 9.17) is 0 Å². The van der Waals surface area contributed by atoms with Gasteiger partial charge in [0.2, 0.25) is 5.95 Å². The van der Waals surface area contributed by atoms with E-state index in [9.17, 15) is 5.11 Å². The van der Waals surface area contributed by atoms with Crippen LogP contribution in [0, 0.1) is 0 Å². The van der Waals surface area contributed by atoms with Crippen molar-refractivity contribution in [3.63, 3.8) is 0 Å². The fourth-order valence-electron chi connectivity index (χ4n) is 3.17. The van der Waals surface area contributed by atoms with Gasteiger partial charge in [-0.3, -0.25) is 0 Å². The molecule has 0 bridgehead atoms. The highest BCUT2D eigenvalue weighted by Gasteiger charge is 2.26. The predicted molar refractivity (Wildman–Crippen MR) is 92.9 cm³/mol. The first-order valence-electron chi connectivity index (χ1n) is 8.21. The lowest BCUT2D eigenvalue weighted by Gasteiger charge is -2.21. The number of hydrogen-bond donors (Lipinski definition) is 3. The molecule has 1 fully saturated rings. The number of imidazole rings is 1. The molecule has 2 aromatic heterocycles. The molecule has 1 atom stereocenters. The molecule has 4 rings (SSSR count). The van der Waals surface area contributed by atoms with Crippen molar-refractivity contribution in [3.05, 3.63) is 42.2 Å². The molecular formula is C17H20N6O. The number of hydrogen-bond acceptors (Lipinski definition) is 6. The first kappa shape index (κ1) is 14.9. The lowest BCUT2D eigenvalue weighted by molar-refractivity contribution is 0.265. The van der Waals surface area contributed by atoms with Gasteiger partial charge in [-0.2, -0.15) is 4.98 Å². The Bertz CT molecular complexity index is 818. The second kappa shape index (κ2) is 6.45. The van der Waals surface area contributed by atoms with Gasteiger partial charge < -0.3 is 20.3 Å². The molecule has 1 unspecified atom stereocenters. The van der Waals surface area contributed by atoms with Gasteiger partial charge in [0.1, 0.15) is 11.8 Å². The van der Waals surface area contributed by atoms with E-state index in [0.29, 0.717) is 12.2 Å². The third-order valence-corrected chi connectivity index (χ3v) is 4.44. The molecule has 0 aliphatic carbocycles.